The van der Waals surface area contributed by atoms with Crippen molar-refractivity contribution in [3.8, 4) is 0 Å². The van der Waals surface area contributed by atoms with Gasteiger partial charge in [-0.15, -0.1) is 0 Å². The molecule has 0 saturated heterocycles. The summed E-state index contributed by atoms with van der Waals surface area (Å²) in [4.78, 5) is 14.4. The van der Waals surface area contributed by atoms with E-state index in [2.05, 4.69) is 9.71 Å². The van der Waals surface area contributed by atoms with Crippen LogP contribution in [0.5, 0.6) is 0 Å². The first-order valence-corrected chi connectivity index (χ1v) is 8.48. The molecule has 0 spiro atoms. The molecule has 8 heteroatoms. The van der Waals surface area contributed by atoms with Crippen molar-refractivity contribution in [3.63, 3.8) is 0 Å². The highest BCUT2D eigenvalue weighted by molar-refractivity contribution is 7.93. The minimum Gasteiger partial charge on any atom is -0.279 e. The molecule has 1 N–H and O–H groups in total. The summed E-state index contributed by atoms with van der Waals surface area (Å²) in [6.07, 6.45) is 1.53. The quantitative estimate of drug-likeness (QED) is 0.578. The number of pyridine rings is 1. The largest absolute Gasteiger partial charge is 0.279 e. The van der Waals surface area contributed by atoms with E-state index in [-0.39, 0.29) is 16.3 Å². The number of sulfonamides is 1. The molecular formula is C16H13N3O4S. The van der Waals surface area contributed by atoms with E-state index in [1.807, 2.05) is 0 Å². The number of non-ortho nitro benzene ring substituents is 1. The molecule has 1 heterocycles. The predicted molar refractivity (Wildman–Crippen MR) is 90.4 cm³/mol. The Morgan fingerprint density at radius 1 is 1.12 bits per heavy atom. The Hall–Kier alpha value is -3.00. The van der Waals surface area contributed by atoms with Gasteiger partial charge in [0.05, 0.1) is 16.1 Å². The third kappa shape index (κ3) is 2.91. The molecule has 1 aromatic heterocycles. The van der Waals surface area contributed by atoms with Gasteiger partial charge in [-0.3, -0.25) is 19.8 Å². The summed E-state index contributed by atoms with van der Waals surface area (Å²) in [5.41, 5.74) is 1.02. The first-order chi connectivity index (χ1) is 11.4. The normalized spacial score (nSPS) is 11.4. The van der Waals surface area contributed by atoms with Crippen LogP contribution in [-0.4, -0.2) is 18.3 Å². The number of aromatic nitrogens is 1. The first kappa shape index (κ1) is 15.9. The van der Waals surface area contributed by atoms with Gasteiger partial charge in [-0.25, -0.2) is 8.42 Å². The Bertz CT molecular complexity index is 1040. The molecule has 0 aliphatic rings. The molecule has 3 rings (SSSR count). The predicted octanol–water partition coefficient (Wildman–Crippen LogP) is 3.25. The van der Waals surface area contributed by atoms with E-state index >= 15 is 0 Å². The van der Waals surface area contributed by atoms with Crippen LogP contribution in [0.2, 0.25) is 0 Å². The fraction of sp³-hybridized carbons (Fsp3) is 0.0625. The zero-order chi connectivity index (χ0) is 17.3. The monoisotopic (exact) mass is 343 g/mol. The van der Waals surface area contributed by atoms with Crippen LogP contribution in [-0.2, 0) is 10.0 Å². The number of nitrogens with zero attached hydrogens (tertiary/aromatic N) is 2. The van der Waals surface area contributed by atoms with Crippen molar-refractivity contribution in [2.45, 2.75) is 11.8 Å². The summed E-state index contributed by atoms with van der Waals surface area (Å²) in [7, 11) is -3.88. The number of nitro groups is 1. The van der Waals surface area contributed by atoms with Crippen molar-refractivity contribution >= 4 is 32.3 Å². The van der Waals surface area contributed by atoms with Gasteiger partial charge in [-0.1, -0.05) is 18.2 Å². The Balaban J connectivity index is 2.04. The first-order valence-electron chi connectivity index (χ1n) is 7.00. The summed E-state index contributed by atoms with van der Waals surface area (Å²) in [6.45, 7) is 1.60. The highest BCUT2D eigenvalue weighted by atomic mass is 32.2. The number of nitro benzene ring substituents is 1. The van der Waals surface area contributed by atoms with E-state index in [0.29, 0.717) is 16.5 Å². The van der Waals surface area contributed by atoms with Gasteiger partial charge in [0.1, 0.15) is 4.90 Å². The second-order valence-electron chi connectivity index (χ2n) is 5.19. The maximum absolute atomic E-state index is 12.7. The number of nitrogens with one attached hydrogen (secondary N) is 1. The minimum atomic E-state index is -3.88. The van der Waals surface area contributed by atoms with Gasteiger partial charge in [0.2, 0.25) is 0 Å². The Labute approximate surface area is 138 Å². The highest BCUT2D eigenvalue weighted by Crippen LogP contribution is 2.26. The van der Waals surface area contributed by atoms with E-state index in [0.717, 1.165) is 0 Å². The van der Waals surface area contributed by atoms with Gasteiger partial charge in [0.15, 0.2) is 0 Å². The summed E-state index contributed by atoms with van der Waals surface area (Å²) in [5.74, 6) is 0. The number of aryl methyl sites for hydroxylation is 1. The van der Waals surface area contributed by atoms with Crippen molar-refractivity contribution < 1.29 is 13.3 Å². The second-order valence-corrected chi connectivity index (χ2v) is 6.84. The molecule has 2 aromatic carbocycles. The van der Waals surface area contributed by atoms with Crippen molar-refractivity contribution in [3.05, 3.63) is 70.4 Å². The van der Waals surface area contributed by atoms with Crippen molar-refractivity contribution in [2.75, 3.05) is 4.72 Å². The molecule has 0 fully saturated rings. The molecule has 0 amide bonds. The average molecular weight is 343 g/mol. The molecule has 7 nitrogen and oxygen atoms in total. The standard InChI is InChI=1S/C16H13N3O4S/c1-11-10-13(19(20)21)7-8-14(11)18-24(22,23)15-6-2-4-12-5-3-9-17-16(12)15/h2-10,18H,1H3. The van der Waals surface area contributed by atoms with Crippen molar-refractivity contribution in [2.24, 2.45) is 0 Å². The van der Waals surface area contributed by atoms with E-state index in [1.165, 1.54) is 30.5 Å². The molecule has 0 aliphatic carbocycles. The van der Waals surface area contributed by atoms with E-state index in [4.69, 9.17) is 0 Å². The number of hydrogen-bond donors (Lipinski definition) is 1. The summed E-state index contributed by atoms with van der Waals surface area (Å²) in [5, 5.41) is 11.5. The average Bonchev–Trinajstić information content (AvgIpc) is 2.56. The molecule has 0 bridgehead atoms. The highest BCUT2D eigenvalue weighted by Gasteiger charge is 2.20. The van der Waals surface area contributed by atoms with Crippen LogP contribution >= 0.6 is 0 Å². The zero-order valence-electron chi connectivity index (χ0n) is 12.6. The fourth-order valence-corrected chi connectivity index (χ4v) is 3.68. The molecule has 0 atom stereocenters. The van der Waals surface area contributed by atoms with Gasteiger partial charge in [-0.2, -0.15) is 0 Å². The topological polar surface area (TPSA) is 102 Å². The maximum atomic E-state index is 12.7. The number of rotatable bonds is 4. The number of para-hydroxylation sites is 1. The Kier molecular flexibility index (Phi) is 3.90. The van der Waals surface area contributed by atoms with Crippen LogP contribution < -0.4 is 4.72 Å². The third-order valence-electron chi connectivity index (χ3n) is 3.55. The molecule has 0 saturated carbocycles. The lowest BCUT2D eigenvalue weighted by Gasteiger charge is -2.11. The number of anilines is 1. The summed E-state index contributed by atoms with van der Waals surface area (Å²) >= 11 is 0. The van der Waals surface area contributed by atoms with Crippen LogP contribution in [0.4, 0.5) is 11.4 Å². The van der Waals surface area contributed by atoms with Gasteiger partial charge >= 0.3 is 0 Å². The van der Waals surface area contributed by atoms with Gasteiger partial charge in [0, 0.05) is 23.7 Å². The molecular weight excluding hydrogens is 330 g/mol. The maximum Gasteiger partial charge on any atom is 0.269 e. The van der Waals surface area contributed by atoms with Gasteiger partial charge < -0.3 is 0 Å². The van der Waals surface area contributed by atoms with Gasteiger partial charge in [0.25, 0.3) is 15.7 Å². The zero-order valence-corrected chi connectivity index (χ0v) is 13.4. The third-order valence-corrected chi connectivity index (χ3v) is 4.95. The van der Waals surface area contributed by atoms with E-state index in [9.17, 15) is 18.5 Å². The summed E-state index contributed by atoms with van der Waals surface area (Å²) in [6, 6.07) is 12.3. The van der Waals surface area contributed by atoms with Gasteiger partial charge in [-0.05, 0) is 30.7 Å². The number of fused-ring (bicyclic) bond motifs is 1. The van der Waals surface area contributed by atoms with Crippen LogP contribution in [0.3, 0.4) is 0 Å². The van der Waals surface area contributed by atoms with Crippen molar-refractivity contribution in [1.82, 2.24) is 4.98 Å². The van der Waals surface area contributed by atoms with Crippen LogP contribution in [0.1, 0.15) is 5.56 Å². The smallest absolute Gasteiger partial charge is 0.269 e. The molecule has 0 radical (unpaired) electrons. The van der Waals surface area contributed by atoms with Crippen LogP contribution in [0.15, 0.2) is 59.6 Å². The van der Waals surface area contributed by atoms with E-state index in [1.54, 1.807) is 31.2 Å². The van der Waals surface area contributed by atoms with Crippen molar-refractivity contribution in [1.29, 1.82) is 0 Å². The molecule has 3 aromatic rings. The lowest BCUT2D eigenvalue weighted by Crippen LogP contribution is -2.14. The van der Waals surface area contributed by atoms with Crippen LogP contribution in [0.25, 0.3) is 10.9 Å². The van der Waals surface area contributed by atoms with E-state index < -0.39 is 14.9 Å². The Morgan fingerprint density at radius 2 is 1.88 bits per heavy atom. The fourth-order valence-electron chi connectivity index (χ4n) is 2.37. The van der Waals surface area contributed by atoms with Crippen LogP contribution in [0, 0.1) is 17.0 Å². The lowest BCUT2D eigenvalue weighted by atomic mass is 10.2. The SMILES string of the molecule is Cc1cc([N+](=O)[O-])ccc1NS(=O)(=O)c1cccc2cccnc12. The number of hydrogen-bond acceptors (Lipinski definition) is 5. The molecule has 24 heavy (non-hydrogen) atoms. The summed E-state index contributed by atoms with van der Waals surface area (Å²) < 4.78 is 27.9. The second kappa shape index (κ2) is 5.89. The minimum absolute atomic E-state index is 0.0540. The molecule has 122 valence electrons. The Morgan fingerprint density at radius 3 is 2.58 bits per heavy atom. The molecule has 0 unspecified atom stereocenters. The number of benzene rings is 2. The molecule has 0 aliphatic heterocycles. The lowest BCUT2D eigenvalue weighted by molar-refractivity contribution is -0.384.